The van der Waals surface area contributed by atoms with Crippen molar-refractivity contribution < 1.29 is 18.3 Å². The predicted molar refractivity (Wildman–Crippen MR) is 72.4 cm³/mol. The predicted octanol–water partition coefficient (Wildman–Crippen LogP) is 0.572. The SMILES string of the molecule is CC(C(=O)N1CCCC1C1CCCC1O)S(C)(=O)=O. The molecular formula is C13H23NO4S. The molecule has 1 heterocycles. The van der Waals surface area contributed by atoms with Crippen LogP contribution in [-0.4, -0.2) is 54.5 Å². The summed E-state index contributed by atoms with van der Waals surface area (Å²) in [6.45, 7) is 2.07. The van der Waals surface area contributed by atoms with Gasteiger partial charge in [-0.1, -0.05) is 6.42 Å². The molecule has 0 spiro atoms. The van der Waals surface area contributed by atoms with Crippen LogP contribution in [0.2, 0.25) is 0 Å². The molecule has 4 atom stereocenters. The first kappa shape index (κ1) is 14.8. The first-order chi connectivity index (χ1) is 8.82. The summed E-state index contributed by atoms with van der Waals surface area (Å²) in [7, 11) is -3.35. The Balaban J connectivity index is 2.12. The smallest absolute Gasteiger partial charge is 0.240 e. The number of aliphatic hydroxyl groups excluding tert-OH is 1. The van der Waals surface area contributed by atoms with Gasteiger partial charge in [0.2, 0.25) is 5.91 Å². The Hall–Kier alpha value is -0.620. The van der Waals surface area contributed by atoms with Gasteiger partial charge >= 0.3 is 0 Å². The molecule has 2 rings (SSSR count). The Morgan fingerprint density at radius 3 is 2.47 bits per heavy atom. The van der Waals surface area contributed by atoms with Crippen LogP contribution in [0.25, 0.3) is 0 Å². The second-order valence-electron chi connectivity index (χ2n) is 5.88. The van der Waals surface area contributed by atoms with Crippen LogP contribution in [0, 0.1) is 5.92 Å². The molecular weight excluding hydrogens is 266 g/mol. The highest BCUT2D eigenvalue weighted by Gasteiger charge is 2.42. The molecule has 6 heteroatoms. The van der Waals surface area contributed by atoms with Crippen molar-refractivity contribution in [1.29, 1.82) is 0 Å². The van der Waals surface area contributed by atoms with E-state index in [9.17, 15) is 18.3 Å². The topological polar surface area (TPSA) is 74.7 Å². The summed E-state index contributed by atoms with van der Waals surface area (Å²) in [6.07, 6.45) is 5.26. The van der Waals surface area contributed by atoms with Crippen LogP contribution in [0.3, 0.4) is 0 Å². The lowest BCUT2D eigenvalue weighted by atomic mass is 9.94. The average molecular weight is 289 g/mol. The lowest BCUT2D eigenvalue weighted by Crippen LogP contribution is -2.47. The molecule has 1 N–H and O–H groups in total. The zero-order chi connectivity index (χ0) is 14.2. The molecule has 19 heavy (non-hydrogen) atoms. The van der Waals surface area contributed by atoms with E-state index < -0.39 is 15.1 Å². The van der Waals surface area contributed by atoms with Gasteiger partial charge in [0.1, 0.15) is 5.25 Å². The molecule has 5 nitrogen and oxygen atoms in total. The van der Waals surface area contributed by atoms with Gasteiger partial charge in [-0.2, -0.15) is 0 Å². The highest BCUT2D eigenvalue weighted by atomic mass is 32.2. The van der Waals surface area contributed by atoms with E-state index in [4.69, 9.17) is 0 Å². The molecule has 0 radical (unpaired) electrons. The molecule has 1 aliphatic heterocycles. The Bertz CT molecular complexity index is 448. The third-order valence-corrected chi connectivity index (χ3v) is 6.08. The molecule has 1 saturated heterocycles. The van der Waals surface area contributed by atoms with Crippen LogP contribution in [-0.2, 0) is 14.6 Å². The van der Waals surface area contributed by atoms with Gasteiger partial charge in [-0.05, 0) is 32.6 Å². The zero-order valence-electron chi connectivity index (χ0n) is 11.6. The Labute approximate surface area is 114 Å². The van der Waals surface area contributed by atoms with Crippen LogP contribution >= 0.6 is 0 Å². The number of hydrogen-bond donors (Lipinski definition) is 1. The number of aliphatic hydroxyl groups is 1. The van der Waals surface area contributed by atoms with Crippen LogP contribution in [0.15, 0.2) is 0 Å². The van der Waals surface area contributed by atoms with Gasteiger partial charge in [0.05, 0.1) is 6.10 Å². The van der Waals surface area contributed by atoms with Crippen LogP contribution < -0.4 is 0 Å². The fourth-order valence-electron chi connectivity index (χ4n) is 3.35. The second kappa shape index (κ2) is 5.40. The fourth-order valence-corrected chi connectivity index (χ4v) is 3.85. The van der Waals surface area contributed by atoms with Crippen molar-refractivity contribution in [1.82, 2.24) is 4.90 Å². The maximum absolute atomic E-state index is 12.3. The van der Waals surface area contributed by atoms with E-state index in [0.717, 1.165) is 38.4 Å². The number of carbonyl (C=O) groups is 1. The average Bonchev–Trinajstić information content (AvgIpc) is 2.93. The summed E-state index contributed by atoms with van der Waals surface area (Å²) in [5.41, 5.74) is 0. The summed E-state index contributed by atoms with van der Waals surface area (Å²) < 4.78 is 23.0. The molecule has 2 fully saturated rings. The summed E-state index contributed by atoms with van der Waals surface area (Å²) in [4.78, 5) is 14.0. The van der Waals surface area contributed by atoms with Gasteiger partial charge in [-0.25, -0.2) is 8.42 Å². The number of amides is 1. The number of rotatable bonds is 3. The third-order valence-electron chi connectivity index (χ3n) is 4.60. The summed E-state index contributed by atoms with van der Waals surface area (Å²) in [5, 5.41) is 9.01. The van der Waals surface area contributed by atoms with Gasteiger partial charge in [-0.3, -0.25) is 4.79 Å². The quantitative estimate of drug-likeness (QED) is 0.824. The van der Waals surface area contributed by atoms with Crippen molar-refractivity contribution >= 4 is 15.7 Å². The second-order valence-corrected chi connectivity index (χ2v) is 8.24. The molecule has 110 valence electrons. The van der Waals surface area contributed by atoms with E-state index in [1.165, 1.54) is 6.92 Å². The maximum atomic E-state index is 12.3. The van der Waals surface area contributed by atoms with Gasteiger partial charge in [0, 0.05) is 24.8 Å². The van der Waals surface area contributed by atoms with E-state index in [2.05, 4.69) is 0 Å². The van der Waals surface area contributed by atoms with Gasteiger partial charge in [-0.15, -0.1) is 0 Å². The van der Waals surface area contributed by atoms with E-state index >= 15 is 0 Å². The molecule has 1 saturated carbocycles. The highest BCUT2D eigenvalue weighted by Crippen LogP contribution is 2.36. The zero-order valence-corrected chi connectivity index (χ0v) is 12.4. The molecule has 0 aromatic rings. The van der Waals surface area contributed by atoms with E-state index in [0.29, 0.717) is 6.54 Å². The summed E-state index contributed by atoms with van der Waals surface area (Å²) >= 11 is 0. The lowest BCUT2D eigenvalue weighted by Gasteiger charge is -2.32. The molecule has 0 aromatic carbocycles. The van der Waals surface area contributed by atoms with Crippen molar-refractivity contribution in [3.05, 3.63) is 0 Å². The summed E-state index contributed by atoms with van der Waals surface area (Å²) in [6, 6.07) is 0.0224. The van der Waals surface area contributed by atoms with Crippen molar-refractivity contribution in [3.63, 3.8) is 0 Å². The third kappa shape index (κ3) is 2.94. The fraction of sp³-hybridized carbons (Fsp3) is 0.923. The number of hydrogen-bond acceptors (Lipinski definition) is 4. The first-order valence-corrected chi connectivity index (χ1v) is 8.95. The van der Waals surface area contributed by atoms with Gasteiger partial charge < -0.3 is 10.0 Å². The van der Waals surface area contributed by atoms with Gasteiger partial charge in [0.15, 0.2) is 9.84 Å². The maximum Gasteiger partial charge on any atom is 0.240 e. The minimum absolute atomic E-state index is 0.0224. The van der Waals surface area contributed by atoms with Crippen molar-refractivity contribution in [2.75, 3.05) is 12.8 Å². The van der Waals surface area contributed by atoms with E-state index in [-0.39, 0.29) is 24.0 Å². The standard InChI is InChI=1S/C13H23NO4S/c1-9(19(2,17)18)13(16)14-8-4-6-11(14)10-5-3-7-12(10)15/h9-12,15H,3-8H2,1-2H3. The first-order valence-electron chi connectivity index (χ1n) is 7.00. The molecule has 1 amide bonds. The number of carbonyl (C=O) groups excluding carboxylic acids is 1. The normalized spacial score (nSPS) is 33.6. The van der Waals surface area contributed by atoms with Crippen molar-refractivity contribution in [2.45, 2.75) is 56.4 Å². The van der Waals surface area contributed by atoms with Gasteiger partial charge in [0.25, 0.3) is 0 Å². The lowest BCUT2D eigenvalue weighted by molar-refractivity contribution is -0.132. The Kier molecular flexibility index (Phi) is 4.20. The largest absolute Gasteiger partial charge is 0.393 e. The van der Waals surface area contributed by atoms with Crippen molar-refractivity contribution in [2.24, 2.45) is 5.92 Å². The number of nitrogens with zero attached hydrogens (tertiary/aromatic N) is 1. The van der Waals surface area contributed by atoms with Crippen LogP contribution in [0.4, 0.5) is 0 Å². The van der Waals surface area contributed by atoms with Crippen molar-refractivity contribution in [3.8, 4) is 0 Å². The monoisotopic (exact) mass is 289 g/mol. The Morgan fingerprint density at radius 1 is 1.26 bits per heavy atom. The molecule has 0 aromatic heterocycles. The molecule has 4 unspecified atom stereocenters. The van der Waals surface area contributed by atoms with Crippen LogP contribution in [0.1, 0.15) is 39.0 Å². The minimum Gasteiger partial charge on any atom is -0.393 e. The molecule has 0 bridgehead atoms. The highest BCUT2D eigenvalue weighted by molar-refractivity contribution is 7.92. The minimum atomic E-state index is -3.35. The Morgan fingerprint density at radius 2 is 1.95 bits per heavy atom. The number of sulfone groups is 1. The van der Waals surface area contributed by atoms with E-state index in [1.807, 2.05) is 0 Å². The number of likely N-dealkylation sites (tertiary alicyclic amines) is 1. The molecule has 1 aliphatic carbocycles. The van der Waals surface area contributed by atoms with E-state index in [1.54, 1.807) is 4.90 Å². The summed E-state index contributed by atoms with van der Waals surface area (Å²) in [5.74, 6) is -0.178. The van der Waals surface area contributed by atoms with Crippen LogP contribution in [0.5, 0.6) is 0 Å². The molecule has 2 aliphatic rings.